The lowest BCUT2D eigenvalue weighted by Crippen LogP contribution is -2.28. The summed E-state index contributed by atoms with van der Waals surface area (Å²) in [5, 5.41) is 0. The van der Waals surface area contributed by atoms with Crippen LogP contribution in [0.1, 0.15) is 19.8 Å². The molecule has 0 amide bonds. The average molecular weight is 246 g/mol. The number of hydrogen-bond acceptors (Lipinski definition) is 2. The summed E-state index contributed by atoms with van der Waals surface area (Å²) in [6, 6.07) is 1.36. The number of rotatable bonds is 6. The maximum absolute atomic E-state index is 11.4. The molecular formula is C14H18N2O2. The van der Waals surface area contributed by atoms with E-state index >= 15 is 0 Å². The molecule has 0 saturated carbocycles. The third-order valence-electron chi connectivity index (χ3n) is 2.58. The summed E-state index contributed by atoms with van der Waals surface area (Å²) < 4.78 is 1.51. The third kappa shape index (κ3) is 4.41. The Morgan fingerprint density at radius 3 is 2.89 bits per heavy atom. The number of hydrogen-bond donors (Lipinski definition) is 1. The monoisotopic (exact) mass is 246 g/mol. The SMILES string of the molecule is C=C/C=C\C(=C/C)CCCn1ccc(=O)[nH]c1=O. The first-order chi connectivity index (χ1) is 8.67. The Hall–Kier alpha value is -2.10. The van der Waals surface area contributed by atoms with Crippen LogP contribution in [0.2, 0.25) is 0 Å². The van der Waals surface area contributed by atoms with Gasteiger partial charge in [0.15, 0.2) is 0 Å². The van der Waals surface area contributed by atoms with E-state index in [1.54, 1.807) is 6.08 Å². The van der Waals surface area contributed by atoms with Crippen LogP contribution in [0.5, 0.6) is 0 Å². The summed E-state index contributed by atoms with van der Waals surface area (Å²) >= 11 is 0. The fraction of sp³-hybridized carbons (Fsp3) is 0.286. The van der Waals surface area contributed by atoms with E-state index < -0.39 is 0 Å². The lowest BCUT2D eigenvalue weighted by molar-refractivity contribution is 0.605. The number of aryl methyl sites for hydroxylation is 1. The Kier molecular flexibility index (Phi) is 5.64. The zero-order valence-corrected chi connectivity index (χ0v) is 10.6. The van der Waals surface area contributed by atoms with Crippen LogP contribution in [0, 0.1) is 0 Å². The van der Waals surface area contributed by atoms with Gasteiger partial charge in [0, 0.05) is 18.8 Å². The summed E-state index contributed by atoms with van der Waals surface area (Å²) in [7, 11) is 0. The maximum atomic E-state index is 11.4. The second-order valence-electron chi connectivity index (χ2n) is 3.87. The van der Waals surface area contributed by atoms with E-state index in [9.17, 15) is 9.59 Å². The number of nitrogens with zero attached hydrogens (tertiary/aromatic N) is 1. The molecule has 0 atom stereocenters. The maximum Gasteiger partial charge on any atom is 0.328 e. The highest BCUT2D eigenvalue weighted by Gasteiger charge is 1.97. The largest absolute Gasteiger partial charge is 0.328 e. The molecule has 4 nitrogen and oxygen atoms in total. The van der Waals surface area contributed by atoms with Crippen LogP contribution in [0.3, 0.4) is 0 Å². The number of aromatic nitrogens is 2. The minimum Gasteiger partial charge on any atom is -0.301 e. The molecule has 96 valence electrons. The predicted octanol–water partition coefficient (Wildman–Crippen LogP) is 2.01. The molecule has 0 bridgehead atoms. The van der Waals surface area contributed by atoms with E-state index in [1.807, 2.05) is 25.2 Å². The molecular weight excluding hydrogens is 228 g/mol. The second-order valence-corrected chi connectivity index (χ2v) is 3.87. The van der Waals surface area contributed by atoms with Crippen molar-refractivity contribution in [3.05, 3.63) is 69.6 Å². The summed E-state index contributed by atoms with van der Waals surface area (Å²) in [6.07, 6.45) is 10.9. The summed E-state index contributed by atoms with van der Waals surface area (Å²) in [4.78, 5) is 24.6. The molecule has 0 aromatic carbocycles. The van der Waals surface area contributed by atoms with Crippen molar-refractivity contribution in [2.24, 2.45) is 0 Å². The van der Waals surface area contributed by atoms with Crippen molar-refractivity contribution in [2.75, 3.05) is 0 Å². The molecule has 0 fully saturated rings. The molecule has 18 heavy (non-hydrogen) atoms. The quantitative estimate of drug-likeness (QED) is 0.780. The van der Waals surface area contributed by atoms with Gasteiger partial charge in [-0.3, -0.25) is 9.78 Å². The molecule has 1 rings (SSSR count). The van der Waals surface area contributed by atoms with Crippen LogP contribution >= 0.6 is 0 Å². The van der Waals surface area contributed by atoms with Crippen LogP contribution in [-0.2, 0) is 6.54 Å². The van der Waals surface area contributed by atoms with Gasteiger partial charge < -0.3 is 4.57 Å². The number of nitrogens with one attached hydrogen (secondary N) is 1. The fourth-order valence-corrected chi connectivity index (χ4v) is 1.59. The van der Waals surface area contributed by atoms with Gasteiger partial charge in [0.1, 0.15) is 0 Å². The Balaban J connectivity index is 2.56. The standard InChI is InChI=1S/C14H18N2O2/c1-3-5-7-12(4-2)8-6-10-16-11-9-13(17)15-14(16)18/h3-5,7,9,11H,1,6,8,10H2,2H3,(H,15,17,18)/b7-5-,12-4+. The van der Waals surface area contributed by atoms with Gasteiger partial charge in [0.25, 0.3) is 5.56 Å². The molecule has 0 aliphatic rings. The predicted molar refractivity (Wildman–Crippen MR) is 73.7 cm³/mol. The minimum atomic E-state index is -0.362. The lowest BCUT2D eigenvalue weighted by Gasteiger charge is -2.04. The fourth-order valence-electron chi connectivity index (χ4n) is 1.59. The first-order valence-corrected chi connectivity index (χ1v) is 5.91. The average Bonchev–Trinajstić information content (AvgIpc) is 2.36. The molecule has 1 heterocycles. The molecule has 0 spiro atoms. The van der Waals surface area contributed by atoms with Crippen LogP contribution < -0.4 is 11.2 Å². The normalized spacial score (nSPS) is 11.9. The molecule has 1 N–H and O–H groups in total. The van der Waals surface area contributed by atoms with Gasteiger partial charge in [-0.15, -0.1) is 0 Å². The molecule has 0 radical (unpaired) electrons. The van der Waals surface area contributed by atoms with Crippen LogP contribution in [0.15, 0.2) is 58.3 Å². The smallest absolute Gasteiger partial charge is 0.301 e. The van der Waals surface area contributed by atoms with Crippen molar-refractivity contribution in [3.63, 3.8) is 0 Å². The second kappa shape index (κ2) is 7.27. The summed E-state index contributed by atoms with van der Waals surface area (Å²) in [5.74, 6) is 0. The molecule has 0 saturated heterocycles. The molecule has 1 aromatic heterocycles. The van der Waals surface area contributed by atoms with Crippen molar-refractivity contribution >= 4 is 0 Å². The molecule has 1 aromatic rings. The van der Waals surface area contributed by atoms with Crippen LogP contribution in [0.4, 0.5) is 0 Å². The van der Waals surface area contributed by atoms with Crippen molar-refractivity contribution in [1.29, 1.82) is 0 Å². The Bertz CT molecular complexity index is 562. The number of allylic oxidation sites excluding steroid dienone is 5. The van der Waals surface area contributed by atoms with Crippen molar-refractivity contribution in [1.82, 2.24) is 9.55 Å². The van der Waals surface area contributed by atoms with Crippen LogP contribution in [-0.4, -0.2) is 9.55 Å². The van der Waals surface area contributed by atoms with E-state index in [4.69, 9.17) is 0 Å². The Labute approximate surface area is 106 Å². The Morgan fingerprint density at radius 2 is 2.28 bits per heavy atom. The van der Waals surface area contributed by atoms with Gasteiger partial charge in [-0.25, -0.2) is 4.79 Å². The summed E-state index contributed by atoms with van der Waals surface area (Å²) in [6.45, 7) is 6.19. The van der Waals surface area contributed by atoms with Crippen LogP contribution in [0.25, 0.3) is 0 Å². The zero-order chi connectivity index (χ0) is 13.4. The van der Waals surface area contributed by atoms with Gasteiger partial charge in [-0.1, -0.05) is 36.5 Å². The highest BCUT2D eigenvalue weighted by atomic mass is 16.2. The molecule has 0 aliphatic heterocycles. The number of H-pyrrole nitrogens is 1. The summed E-state index contributed by atoms with van der Waals surface area (Å²) in [5.41, 5.74) is 0.484. The van der Waals surface area contributed by atoms with Gasteiger partial charge in [-0.05, 0) is 19.8 Å². The topological polar surface area (TPSA) is 54.9 Å². The van der Waals surface area contributed by atoms with Gasteiger partial charge >= 0.3 is 5.69 Å². The van der Waals surface area contributed by atoms with E-state index in [-0.39, 0.29) is 11.2 Å². The highest BCUT2D eigenvalue weighted by molar-refractivity contribution is 5.20. The van der Waals surface area contributed by atoms with Gasteiger partial charge in [-0.2, -0.15) is 0 Å². The highest BCUT2D eigenvalue weighted by Crippen LogP contribution is 2.07. The zero-order valence-electron chi connectivity index (χ0n) is 10.6. The Morgan fingerprint density at radius 1 is 1.50 bits per heavy atom. The van der Waals surface area contributed by atoms with Crippen molar-refractivity contribution in [3.8, 4) is 0 Å². The minimum absolute atomic E-state index is 0.355. The van der Waals surface area contributed by atoms with Gasteiger partial charge in [0.2, 0.25) is 0 Å². The van der Waals surface area contributed by atoms with E-state index in [0.29, 0.717) is 6.54 Å². The molecule has 0 aliphatic carbocycles. The first kappa shape index (κ1) is 14.0. The van der Waals surface area contributed by atoms with Crippen molar-refractivity contribution in [2.45, 2.75) is 26.3 Å². The lowest BCUT2D eigenvalue weighted by atomic mass is 10.1. The van der Waals surface area contributed by atoms with Crippen molar-refractivity contribution < 1.29 is 0 Å². The molecule has 4 heteroatoms. The van der Waals surface area contributed by atoms with E-state index in [1.165, 1.54) is 22.4 Å². The van der Waals surface area contributed by atoms with Gasteiger partial charge in [0.05, 0.1) is 0 Å². The molecule has 0 unspecified atom stereocenters. The first-order valence-electron chi connectivity index (χ1n) is 5.91. The number of aromatic amines is 1. The third-order valence-corrected chi connectivity index (χ3v) is 2.58. The van der Waals surface area contributed by atoms with E-state index in [2.05, 4.69) is 11.6 Å². The van der Waals surface area contributed by atoms with E-state index in [0.717, 1.165) is 12.8 Å².